The van der Waals surface area contributed by atoms with Crippen LogP contribution in [0.15, 0.2) is 72.8 Å². The Bertz CT molecular complexity index is 858. The van der Waals surface area contributed by atoms with Gasteiger partial charge in [0.2, 0.25) is 0 Å². The first-order chi connectivity index (χ1) is 14.5. The molecule has 0 saturated carbocycles. The van der Waals surface area contributed by atoms with E-state index in [0.29, 0.717) is 13.1 Å². The maximum Gasteiger partial charge on any atom is 0.410 e. The van der Waals surface area contributed by atoms with E-state index in [9.17, 15) is 4.79 Å². The summed E-state index contributed by atoms with van der Waals surface area (Å²) in [7, 11) is -2.68. The molecule has 1 heterocycles. The normalized spacial score (nSPS) is 17.5. The summed E-state index contributed by atoms with van der Waals surface area (Å²) in [6, 6.07) is 21.1. The van der Waals surface area contributed by atoms with Crippen molar-refractivity contribution in [3.63, 3.8) is 0 Å². The van der Waals surface area contributed by atoms with Gasteiger partial charge in [-0.1, -0.05) is 93.6 Å². The summed E-state index contributed by atoms with van der Waals surface area (Å²) in [5.41, 5.74) is -0.521. The largest absolute Gasteiger partial charge is 0.444 e. The van der Waals surface area contributed by atoms with Gasteiger partial charge in [-0.15, -0.1) is 0 Å². The molecule has 3 rings (SSSR count). The predicted molar refractivity (Wildman–Crippen MR) is 129 cm³/mol. The van der Waals surface area contributed by atoms with Gasteiger partial charge in [0.25, 0.3) is 8.32 Å². The fraction of sp³-hybridized carbons (Fsp3) is 0.423. The lowest BCUT2D eigenvalue weighted by Crippen LogP contribution is -2.68. The first-order valence-corrected chi connectivity index (χ1v) is 12.9. The lowest BCUT2D eigenvalue weighted by atomic mass is 10.2. The number of nitrogens with zero attached hydrogens (tertiary/aromatic N) is 1. The fourth-order valence-electron chi connectivity index (χ4n) is 4.16. The Kier molecular flexibility index (Phi) is 6.77. The Morgan fingerprint density at radius 1 is 0.903 bits per heavy atom. The molecule has 1 aliphatic rings. The van der Waals surface area contributed by atoms with Crippen LogP contribution in [0.3, 0.4) is 0 Å². The Labute approximate surface area is 188 Å². The van der Waals surface area contributed by atoms with Crippen LogP contribution < -0.4 is 10.4 Å². The molecule has 1 aliphatic heterocycles. The van der Waals surface area contributed by atoms with Gasteiger partial charge >= 0.3 is 6.09 Å². The smallest absolute Gasteiger partial charge is 0.410 e. The molecule has 0 bridgehead atoms. The molecular weight excluding hydrogens is 402 g/mol. The minimum Gasteiger partial charge on any atom is -0.444 e. The standard InChI is InChI=1S/C26H35NO3Si/c1-25(2,3)29-24(28)27-19-13-14-21(20-27)30-31(26(4,5)6,22-15-9-7-10-16-22)23-17-11-8-12-18-23/h7-18,21H,19-20H2,1-6H3/t21-/m1/s1. The molecule has 0 aromatic heterocycles. The monoisotopic (exact) mass is 437 g/mol. The van der Waals surface area contributed by atoms with Crippen molar-refractivity contribution in [2.75, 3.05) is 13.1 Å². The van der Waals surface area contributed by atoms with Gasteiger partial charge in [0.05, 0.1) is 12.6 Å². The maximum atomic E-state index is 12.7. The van der Waals surface area contributed by atoms with Crippen molar-refractivity contribution in [1.29, 1.82) is 0 Å². The lowest BCUT2D eigenvalue weighted by molar-refractivity contribution is 0.0200. The number of carbonyl (C=O) groups is 1. The van der Waals surface area contributed by atoms with E-state index >= 15 is 0 Å². The van der Waals surface area contributed by atoms with E-state index in [1.807, 2.05) is 39.0 Å². The number of hydrogen-bond acceptors (Lipinski definition) is 3. The van der Waals surface area contributed by atoms with Gasteiger partial charge in [0.15, 0.2) is 0 Å². The van der Waals surface area contributed by atoms with E-state index in [1.54, 1.807) is 4.90 Å². The van der Waals surface area contributed by atoms with Gasteiger partial charge in [-0.25, -0.2) is 4.79 Å². The Morgan fingerprint density at radius 3 is 1.87 bits per heavy atom. The van der Waals surface area contributed by atoms with E-state index in [-0.39, 0.29) is 17.2 Å². The topological polar surface area (TPSA) is 38.8 Å². The highest BCUT2D eigenvalue weighted by Crippen LogP contribution is 2.38. The molecule has 5 heteroatoms. The number of benzene rings is 2. The molecule has 0 spiro atoms. The number of ether oxygens (including phenoxy) is 1. The van der Waals surface area contributed by atoms with Crippen LogP contribution in [0.1, 0.15) is 41.5 Å². The van der Waals surface area contributed by atoms with Crippen molar-refractivity contribution in [1.82, 2.24) is 4.90 Å². The average Bonchev–Trinajstić information content (AvgIpc) is 2.71. The summed E-state index contributed by atoms with van der Waals surface area (Å²) in [5, 5.41) is 2.35. The Balaban J connectivity index is 1.99. The van der Waals surface area contributed by atoms with Crippen LogP contribution in [0, 0.1) is 0 Å². The van der Waals surface area contributed by atoms with E-state index in [4.69, 9.17) is 9.16 Å². The van der Waals surface area contributed by atoms with Crippen LogP contribution in [-0.4, -0.2) is 44.1 Å². The van der Waals surface area contributed by atoms with Crippen molar-refractivity contribution in [2.45, 2.75) is 58.3 Å². The number of rotatable bonds is 4. The number of amides is 1. The van der Waals surface area contributed by atoms with E-state index in [0.717, 1.165) is 0 Å². The fourth-order valence-corrected chi connectivity index (χ4v) is 8.78. The van der Waals surface area contributed by atoms with Crippen molar-refractivity contribution in [2.24, 2.45) is 0 Å². The van der Waals surface area contributed by atoms with Gasteiger partial charge in [-0.05, 0) is 36.2 Å². The Hall–Kier alpha value is -2.37. The van der Waals surface area contributed by atoms with E-state index in [1.165, 1.54) is 10.4 Å². The third kappa shape index (κ3) is 5.28. The van der Waals surface area contributed by atoms with Gasteiger partial charge in [-0.3, -0.25) is 0 Å². The van der Waals surface area contributed by atoms with Crippen molar-refractivity contribution >= 4 is 24.8 Å². The highest BCUT2D eigenvalue weighted by atomic mass is 28.4. The number of hydrogen-bond donors (Lipinski definition) is 0. The lowest BCUT2D eigenvalue weighted by Gasteiger charge is -2.45. The molecule has 31 heavy (non-hydrogen) atoms. The zero-order chi connectivity index (χ0) is 22.7. The first kappa shape index (κ1) is 23.3. The predicted octanol–water partition coefficient (Wildman–Crippen LogP) is 4.74. The Morgan fingerprint density at radius 2 is 1.42 bits per heavy atom. The summed E-state index contributed by atoms with van der Waals surface area (Å²) < 4.78 is 12.7. The molecule has 0 unspecified atom stereocenters. The second kappa shape index (κ2) is 9.01. The highest BCUT2D eigenvalue weighted by molar-refractivity contribution is 6.99. The highest BCUT2D eigenvalue weighted by Gasteiger charge is 2.51. The maximum absolute atomic E-state index is 12.7. The van der Waals surface area contributed by atoms with Crippen LogP contribution in [0.5, 0.6) is 0 Å². The second-order valence-electron chi connectivity index (χ2n) is 10.1. The van der Waals surface area contributed by atoms with Gasteiger partial charge in [0.1, 0.15) is 5.60 Å². The average molecular weight is 438 g/mol. The molecule has 1 amide bonds. The third-order valence-corrected chi connectivity index (χ3v) is 10.5. The summed E-state index contributed by atoms with van der Waals surface area (Å²) in [4.78, 5) is 14.4. The molecule has 0 saturated heterocycles. The summed E-state index contributed by atoms with van der Waals surface area (Å²) in [5.74, 6) is 0. The van der Waals surface area contributed by atoms with E-state index in [2.05, 4.69) is 75.4 Å². The summed E-state index contributed by atoms with van der Waals surface area (Å²) >= 11 is 0. The molecule has 0 N–H and O–H groups in total. The zero-order valence-corrected chi connectivity index (χ0v) is 20.6. The molecule has 2 aromatic carbocycles. The molecule has 1 atom stereocenters. The SMILES string of the molecule is CC(C)(C)OC(=O)N1CC=C[C@@H](O[Si](c2ccccc2)(c2ccccc2)C(C)(C)C)C1. The van der Waals surface area contributed by atoms with E-state index < -0.39 is 13.9 Å². The molecule has 2 aromatic rings. The molecular formula is C26H35NO3Si. The summed E-state index contributed by atoms with van der Waals surface area (Å²) in [6.45, 7) is 13.5. The van der Waals surface area contributed by atoms with Crippen LogP contribution in [-0.2, 0) is 9.16 Å². The molecule has 4 nitrogen and oxygen atoms in total. The van der Waals surface area contributed by atoms with Gasteiger partial charge < -0.3 is 14.1 Å². The molecule has 166 valence electrons. The van der Waals surface area contributed by atoms with Gasteiger partial charge in [-0.2, -0.15) is 0 Å². The van der Waals surface area contributed by atoms with Crippen LogP contribution in [0.2, 0.25) is 5.04 Å². The minimum absolute atomic E-state index is 0.113. The zero-order valence-electron chi connectivity index (χ0n) is 19.6. The van der Waals surface area contributed by atoms with Crippen LogP contribution >= 0.6 is 0 Å². The molecule has 0 radical (unpaired) electrons. The quantitative estimate of drug-likeness (QED) is 0.512. The third-order valence-electron chi connectivity index (χ3n) is 5.47. The van der Waals surface area contributed by atoms with Crippen molar-refractivity contribution < 1.29 is 14.0 Å². The van der Waals surface area contributed by atoms with Crippen molar-refractivity contribution in [3.05, 3.63) is 72.8 Å². The molecule has 0 fully saturated rings. The second-order valence-corrected chi connectivity index (χ2v) is 14.4. The first-order valence-electron chi connectivity index (χ1n) is 11.0. The minimum atomic E-state index is -2.68. The van der Waals surface area contributed by atoms with Crippen molar-refractivity contribution in [3.8, 4) is 0 Å². The van der Waals surface area contributed by atoms with Crippen LogP contribution in [0.25, 0.3) is 0 Å². The molecule has 0 aliphatic carbocycles. The van der Waals surface area contributed by atoms with Crippen LogP contribution in [0.4, 0.5) is 4.79 Å². The number of carbonyl (C=O) groups excluding carboxylic acids is 1. The van der Waals surface area contributed by atoms with Gasteiger partial charge in [0, 0.05) is 6.54 Å². The summed E-state index contributed by atoms with van der Waals surface area (Å²) in [6.07, 6.45) is 3.61.